The lowest BCUT2D eigenvalue weighted by atomic mass is 9.84. The first-order chi connectivity index (χ1) is 15.8. The first-order valence-corrected chi connectivity index (χ1v) is 10.9. The smallest absolute Gasteiger partial charge is 0.491 e. The highest BCUT2D eigenvalue weighted by Crippen LogP contribution is 2.44. The summed E-state index contributed by atoms with van der Waals surface area (Å²) in [5, 5.41) is 3.40. The molecule has 2 aliphatic rings. The van der Waals surface area contributed by atoms with Crippen molar-refractivity contribution >= 4 is 18.3 Å². The summed E-state index contributed by atoms with van der Waals surface area (Å²) in [6, 6.07) is 9.31. The van der Waals surface area contributed by atoms with Crippen molar-refractivity contribution in [3.05, 3.63) is 80.6 Å². The third kappa shape index (κ3) is 3.96. The number of hydrogen-bond donors (Lipinski definition) is 0. The van der Waals surface area contributed by atoms with Crippen LogP contribution in [0.5, 0.6) is 5.75 Å². The quantitative estimate of drug-likeness (QED) is 0.180. The first kappa shape index (κ1) is 22.8. The summed E-state index contributed by atoms with van der Waals surface area (Å²) in [6.45, 7) is 4.58. The molecule has 2 aromatic rings. The van der Waals surface area contributed by atoms with E-state index in [-0.39, 0.29) is 6.54 Å². The fourth-order valence-electron chi connectivity index (χ4n) is 4.76. The minimum Gasteiger partial charge on any atom is -0.491 e. The van der Waals surface area contributed by atoms with Crippen molar-refractivity contribution in [3.8, 4) is 5.75 Å². The maximum absolute atomic E-state index is 15.7. The van der Waals surface area contributed by atoms with Gasteiger partial charge in [-0.15, -0.1) is 0 Å². The van der Waals surface area contributed by atoms with Crippen LogP contribution in [0.1, 0.15) is 36.4 Å². The highest BCUT2D eigenvalue weighted by molar-refractivity contribution is 6.58. The Morgan fingerprint density at radius 3 is 2.52 bits per heavy atom. The number of hydrogen-bond acceptors (Lipinski definition) is 3. The number of aryl methyl sites for hydroxylation is 2. The highest BCUT2D eigenvalue weighted by atomic mass is 19.2. The molecule has 0 saturated carbocycles. The van der Waals surface area contributed by atoms with Gasteiger partial charge in [-0.05, 0) is 61.3 Å². The van der Waals surface area contributed by atoms with E-state index in [1.165, 1.54) is 8.96 Å². The number of halogens is 2. The zero-order valence-corrected chi connectivity index (χ0v) is 19.2. The Balaban J connectivity index is 1.64. The summed E-state index contributed by atoms with van der Waals surface area (Å²) < 4.78 is 44.8. The minimum atomic E-state index is -3.98. The maximum atomic E-state index is 15.7. The predicted octanol–water partition coefficient (Wildman–Crippen LogP) is 5.24. The monoisotopic (exact) mass is 453 g/mol. The molecule has 0 radical (unpaired) electrons. The molecule has 10 heteroatoms. The van der Waals surface area contributed by atoms with E-state index in [1.54, 1.807) is 13.8 Å². The van der Waals surface area contributed by atoms with Gasteiger partial charge in [0.25, 0.3) is 0 Å². The number of fused-ring (bicyclic) bond motifs is 2. The number of azide groups is 1. The van der Waals surface area contributed by atoms with Crippen molar-refractivity contribution in [2.45, 2.75) is 27.7 Å². The van der Waals surface area contributed by atoms with Gasteiger partial charge in [0.2, 0.25) is 0 Å². The van der Waals surface area contributed by atoms with Crippen LogP contribution < -0.4 is 4.74 Å². The molecule has 4 rings (SSSR count). The molecule has 0 bridgehead atoms. The van der Waals surface area contributed by atoms with Gasteiger partial charge in [-0.2, -0.15) is 0 Å². The molecule has 0 N–H and O–H groups in total. The predicted molar refractivity (Wildman–Crippen MR) is 125 cm³/mol. The summed E-state index contributed by atoms with van der Waals surface area (Å²) >= 11 is 0. The van der Waals surface area contributed by atoms with E-state index < -0.39 is 6.97 Å². The second-order valence-electron chi connectivity index (χ2n) is 8.28. The normalized spacial score (nSPS) is 16.4. The van der Waals surface area contributed by atoms with Gasteiger partial charge in [0, 0.05) is 35.7 Å². The Bertz CT molecular complexity index is 1240. The number of ether oxygens (including phenoxy) is 2. The largest absolute Gasteiger partial charge is 0.737 e. The van der Waals surface area contributed by atoms with Crippen molar-refractivity contribution in [1.82, 2.24) is 4.48 Å². The van der Waals surface area contributed by atoms with Gasteiger partial charge in [-0.1, -0.05) is 17.2 Å². The van der Waals surface area contributed by atoms with Crippen molar-refractivity contribution in [2.75, 3.05) is 26.4 Å². The van der Waals surface area contributed by atoms with Crippen molar-refractivity contribution in [2.24, 2.45) is 5.11 Å². The van der Waals surface area contributed by atoms with Crippen LogP contribution in [-0.4, -0.2) is 48.0 Å². The van der Waals surface area contributed by atoms with E-state index in [0.29, 0.717) is 48.4 Å². The maximum Gasteiger partial charge on any atom is 0.737 e. The summed E-state index contributed by atoms with van der Waals surface area (Å²) in [7, 11) is 0. The van der Waals surface area contributed by atoms with E-state index in [9.17, 15) is 0 Å². The number of nitrogens with zero attached hydrogens (tertiary/aromatic N) is 5. The van der Waals surface area contributed by atoms with Gasteiger partial charge >= 0.3 is 6.97 Å². The SMILES string of the molecule is CC1=CC(C)=[N+]2C1=C(c1ccc(OCCOCCN=[N+]=[N-])cc1)c1c(C)cc(C)n1[B-]2(F)F. The van der Waals surface area contributed by atoms with Crippen LogP contribution in [0.4, 0.5) is 8.63 Å². The second kappa shape index (κ2) is 8.88. The van der Waals surface area contributed by atoms with E-state index in [0.717, 1.165) is 22.3 Å². The molecule has 172 valence electrons. The van der Waals surface area contributed by atoms with Gasteiger partial charge in [0.15, 0.2) is 5.70 Å². The third-order valence-corrected chi connectivity index (χ3v) is 5.97. The fraction of sp³-hybridized carbons (Fsp3) is 0.348. The number of benzene rings is 1. The van der Waals surface area contributed by atoms with Gasteiger partial charge < -0.3 is 27.1 Å². The molecule has 1 aromatic carbocycles. The molecule has 1 aromatic heterocycles. The molecule has 2 aliphatic heterocycles. The molecule has 7 nitrogen and oxygen atoms in total. The number of aromatic nitrogens is 1. The lowest BCUT2D eigenvalue weighted by Crippen LogP contribution is -2.51. The van der Waals surface area contributed by atoms with Crippen LogP contribution in [-0.2, 0) is 4.74 Å². The van der Waals surface area contributed by atoms with Gasteiger partial charge in [-0.3, -0.25) is 0 Å². The lowest BCUT2D eigenvalue weighted by molar-refractivity contribution is -0.363. The molecule has 0 saturated heterocycles. The zero-order chi connectivity index (χ0) is 23.8. The Labute approximate surface area is 191 Å². The summed E-state index contributed by atoms with van der Waals surface area (Å²) in [5.41, 5.74) is 13.8. The average Bonchev–Trinajstić information content (AvgIpc) is 3.24. The van der Waals surface area contributed by atoms with Crippen molar-refractivity contribution in [1.29, 1.82) is 0 Å². The molecule has 33 heavy (non-hydrogen) atoms. The minimum absolute atomic E-state index is 0.283. The van der Waals surface area contributed by atoms with Crippen molar-refractivity contribution < 1.29 is 22.6 Å². The van der Waals surface area contributed by atoms with E-state index >= 15 is 8.63 Å². The average molecular weight is 453 g/mol. The molecule has 0 amide bonds. The van der Waals surface area contributed by atoms with Crippen LogP contribution in [0.2, 0.25) is 0 Å². The third-order valence-electron chi connectivity index (χ3n) is 5.97. The fourth-order valence-corrected chi connectivity index (χ4v) is 4.76. The number of rotatable bonds is 8. The molecule has 0 fully saturated rings. The van der Waals surface area contributed by atoms with E-state index in [1.807, 2.05) is 50.3 Å². The van der Waals surface area contributed by atoms with Crippen LogP contribution in [0.3, 0.4) is 0 Å². The van der Waals surface area contributed by atoms with E-state index in [4.69, 9.17) is 15.0 Å². The van der Waals surface area contributed by atoms with Gasteiger partial charge in [0.05, 0.1) is 18.8 Å². The zero-order valence-electron chi connectivity index (χ0n) is 19.2. The molecule has 0 spiro atoms. The Hall–Kier alpha value is -3.36. The van der Waals surface area contributed by atoms with E-state index in [2.05, 4.69) is 10.0 Å². The second-order valence-corrected chi connectivity index (χ2v) is 8.28. The van der Waals surface area contributed by atoms with Crippen LogP contribution in [0, 0.1) is 13.8 Å². The van der Waals surface area contributed by atoms with Gasteiger partial charge in [-0.25, -0.2) is 0 Å². The summed E-state index contributed by atoms with van der Waals surface area (Å²) in [4.78, 5) is 2.67. The Morgan fingerprint density at radius 2 is 1.82 bits per heavy atom. The first-order valence-electron chi connectivity index (χ1n) is 10.9. The highest BCUT2D eigenvalue weighted by Gasteiger charge is 2.55. The van der Waals surface area contributed by atoms with Gasteiger partial charge in [0.1, 0.15) is 18.1 Å². The molecular weight excluding hydrogens is 427 g/mol. The topological polar surface area (TPSA) is 75.2 Å². The standard InChI is InChI=1S/C23H26BF2N5O2/c1-15-13-17(3)30-22(15)21(23-16(2)14-18(4)31(23)24(30,25)26)19-5-7-20(8-6-19)33-12-11-32-10-9-28-29-27/h5-8,13-14H,9-12H2,1-4H3. The lowest BCUT2D eigenvalue weighted by Gasteiger charge is -2.34. The van der Waals surface area contributed by atoms with Crippen LogP contribution in [0.25, 0.3) is 16.0 Å². The van der Waals surface area contributed by atoms with Crippen molar-refractivity contribution in [3.63, 3.8) is 0 Å². The molecule has 0 aliphatic carbocycles. The summed E-state index contributed by atoms with van der Waals surface area (Å²) in [6.07, 6.45) is 1.82. The van der Waals surface area contributed by atoms with Crippen LogP contribution >= 0.6 is 0 Å². The molecule has 3 heterocycles. The Morgan fingerprint density at radius 1 is 1.09 bits per heavy atom. The molecule has 0 atom stereocenters. The summed E-state index contributed by atoms with van der Waals surface area (Å²) in [5.74, 6) is 0.662. The molecular formula is C23H26BF2N5O2. The van der Waals surface area contributed by atoms with Crippen LogP contribution in [0.15, 0.2) is 52.8 Å². The Kier molecular flexibility index (Phi) is 6.14. The number of allylic oxidation sites excluding steroid dienone is 2. The molecule has 0 unspecified atom stereocenters.